The molecule has 0 radical (unpaired) electrons. The van der Waals surface area contributed by atoms with Gasteiger partial charge in [0.1, 0.15) is 0 Å². The summed E-state index contributed by atoms with van der Waals surface area (Å²) in [4.78, 5) is 28.1. The molecule has 2 N–H and O–H groups in total. The standard InChI is InChI=1S/C8H11N3O2/c1-5(2)10-8(13)7-9-4-3-6(12)11-7/h3-5H,1-2H3,(H,10,13)(H,9,11,12). The van der Waals surface area contributed by atoms with Gasteiger partial charge in [0.25, 0.3) is 11.5 Å². The molecule has 5 heteroatoms. The molecule has 0 saturated heterocycles. The Morgan fingerprint density at radius 1 is 1.62 bits per heavy atom. The Hall–Kier alpha value is -1.65. The zero-order valence-corrected chi connectivity index (χ0v) is 7.50. The minimum Gasteiger partial charge on any atom is -0.347 e. The molecular weight excluding hydrogens is 170 g/mol. The highest BCUT2D eigenvalue weighted by molar-refractivity contribution is 5.90. The smallest absolute Gasteiger partial charge is 0.287 e. The van der Waals surface area contributed by atoms with Gasteiger partial charge in [-0.05, 0) is 13.8 Å². The normalized spacial score (nSPS) is 10.1. The fraction of sp³-hybridized carbons (Fsp3) is 0.375. The number of rotatable bonds is 2. The Bertz CT molecular complexity index is 356. The molecule has 0 saturated carbocycles. The molecule has 0 aliphatic heterocycles. The fourth-order valence-electron chi connectivity index (χ4n) is 0.816. The lowest BCUT2D eigenvalue weighted by atomic mass is 10.4. The number of aromatic amines is 1. The number of aromatic nitrogens is 2. The number of hydrogen-bond acceptors (Lipinski definition) is 3. The highest BCUT2D eigenvalue weighted by atomic mass is 16.2. The van der Waals surface area contributed by atoms with Crippen LogP contribution in [0.25, 0.3) is 0 Å². The molecule has 1 amide bonds. The third-order valence-electron chi connectivity index (χ3n) is 1.31. The average molecular weight is 181 g/mol. The van der Waals surface area contributed by atoms with Gasteiger partial charge in [-0.3, -0.25) is 9.59 Å². The van der Waals surface area contributed by atoms with Gasteiger partial charge < -0.3 is 10.3 Å². The first kappa shape index (κ1) is 9.44. The molecule has 13 heavy (non-hydrogen) atoms. The summed E-state index contributed by atoms with van der Waals surface area (Å²) in [6, 6.07) is 1.28. The Morgan fingerprint density at radius 2 is 2.31 bits per heavy atom. The van der Waals surface area contributed by atoms with Crippen LogP contribution in [0.1, 0.15) is 24.5 Å². The molecule has 5 nitrogen and oxygen atoms in total. The summed E-state index contributed by atoms with van der Waals surface area (Å²) >= 11 is 0. The van der Waals surface area contributed by atoms with Crippen LogP contribution in [0.4, 0.5) is 0 Å². The Morgan fingerprint density at radius 3 is 2.85 bits per heavy atom. The van der Waals surface area contributed by atoms with E-state index >= 15 is 0 Å². The Labute approximate surface area is 75.2 Å². The van der Waals surface area contributed by atoms with Gasteiger partial charge >= 0.3 is 0 Å². The van der Waals surface area contributed by atoms with E-state index in [0.717, 1.165) is 0 Å². The minimum atomic E-state index is -0.368. The number of H-pyrrole nitrogens is 1. The van der Waals surface area contributed by atoms with Crippen molar-refractivity contribution in [2.24, 2.45) is 0 Å². The lowest BCUT2D eigenvalue weighted by molar-refractivity contribution is 0.0932. The summed E-state index contributed by atoms with van der Waals surface area (Å²) in [6.45, 7) is 3.66. The summed E-state index contributed by atoms with van der Waals surface area (Å²) in [7, 11) is 0. The van der Waals surface area contributed by atoms with Crippen LogP contribution in [0, 0.1) is 0 Å². The number of nitrogens with zero attached hydrogens (tertiary/aromatic N) is 1. The van der Waals surface area contributed by atoms with Gasteiger partial charge in [0, 0.05) is 18.3 Å². The lowest BCUT2D eigenvalue weighted by Crippen LogP contribution is -2.32. The van der Waals surface area contributed by atoms with Crippen molar-refractivity contribution in [2.45, 2.75) is 19.9 Å². The van der Waals surface area contributed by atoms with Crippen molar-refractivity contribution in [1.29, 1.82) is 0 Å². The van der Waals surface area contributed by atoms with E-state index in [1.165, 1.54) is 12.3 Å². The largest absolute Gasteiger partial charge is 0.347 e. The quantitative estimate of drug-likeness (QED) is 0.669. The van der Waals surface area contributed by atoms with Crippen LogP contribution < -0.4 is 10.9 Å². The molecule has 0 atom stereocenters. The van der Waals surface area contributed by atoms with Crippen molar-refractivity contribution in [3.63, 3.8) is 0 Å². The van der Waals surface area contributed by atoms with E-state index in [1.807, 2.05) is 13.8 Å². The maximum atomic E-state index is 11.3. The maximum Gasteiger partial charge on any atom is 0.287 e. The van der Waals surface area contributed by atoms with Gasteiger partial charge in [-0.1, -0.05) is 0 Å². The molecular formula is C8H11N3O2. The summed E-state index contributed by atoms with van der Waals surface area (Å²) in [6.07, 6.45) is 1.30. The van der Waals surface area contributed by atoms with Gasteiger partial charge in [-0.25, -0.2) is 4.98 Å². The van der Waals surface area contributed by atoms with E-state index < -0.39 is 0 Å². The molecule has 0 bridgehead atoms. The molecule has 0 aliphatic rings. The molecule has 1 aromatic heterocycles. The monoisotopic (exact) mass is 181 g/mol. The van der Waals surface area contributed by atoms with Crippen molar-refractivity contribution in [3.8, 4) is 0 Å². The van der Waals surface area contributed by atoms with Crippen LogP contribution in [0.3, 0.4) is 0 Å². The molecule has 0 aromatic carbocycles. The number of amides is 1. The van der Waals surface area contributed by atoms with E-state index in [-0.39, 0.29) is 23.3 Å². The molecule has 1 rings (SSSR count). The second-order valence-corrected chi connectivity index (χ2v) is 2.91. The van der Waals surface area contributed by atoms with E-state index in [4.69, 9.17) is 0 Å². The minimum absolute atomic E-state index is 0.0259. The third-order valence-corrected chi connectivity index (χ3v) is 1.31. The second kappa shape index (κ2) is 3.84. The second-order valence-electron chi connectivity index (χ2n) is 2.91. The highest BCUT2D eigenvalue weighted by Gasteiger charge is 2.07. The summed E-state index contributed by atoms with van der Waals surface area (Å²) < 4.78 is 0. The van der Waals surface area contributed by atoms with E-state index in [2.05, 4.69) is 15.3 Å². The topological polar surface area (TPSA) is 74.8 Å². The summed E-state index contributed by atoms with van der Waals surface area (Å²) in [5.41, 5.74) is -0.330. The van der Waals surface area contributed by atoms with Gasteiger partial charge in [0.15, 0.2) is 5.82 Å². The number of carbonyl (C=O) groups excluding carboxylic acids is 1. The van der Waals surface area contributed by atoms with Crippen molar-refractivity contribution >= 4 is 5.91 Å². The SMILES string of the molecule is CC(C)NC(=O)c1nccc(=O)[nH]1. The molecule has 0 spiro atoms. The average Bonchev–Trinajstić information content (AvgIpc) is 2.03. The molecule has 0 unspecified atom stereocenters. The van der Waals surface area contributed by atoms with Crippen LogP contribution in [0.2, 0.25) is 0 Å². The number of hydrogen-bond donors (Lipinski definition) is 2. The lowest BCUT2D eigenvalue weighted by Gasteiger charge is -2.06. The summed E-state index contributed by atoms with van der Waals surface area (Å²) in [5, 5.41) is 2.61. The van der Waals surface area contributed by atoms with Gasteiger partial charge in [0.2, 0.25) is 0 Å². The van der Waals surface area contributed by atoms with Crippen molar-refractivity contribution in [1.82, 2.24) is 15.3 Å². The van der Waals surface area contributed by atoms with E-state index in [0.29, 0.717) is 0 Å². The molecule has 0 fully saturated rings. The van der Waals surface area contributed by atoms with E-state index in [9.17, 15) is 9.59 Å². The zero-order chi connectivity index (χ0) is 9.84. The molecule has 1 aromatic rings. The van der Waals surface area contributed by atoms with Crippen LogP contribution >= 0.6 is 0 Å². The molecule has 70 valence electrons. The van der Waals surface area contributed by atoms with E-state index in [1.54, 1.807) is 0 Å². The van der Waals surface area contributed by atoms with Gasteiger partial charge in [0.05, 0.1) is 0 Å². The molecule has 0 aliphatic carbocycles. The van der Waals surface area contributed by atoms with Gasteiger partial charge in [-0.2, -0.15) is 0 Å². The third kappa shape index (κ3) is 2.70. The first-order chi connectivity index (χ1) is 6.09. The predicted octanol–water partition coefficient (Wildman–Crippen LogP) is -0.0919. The number of nitrogens with one attached hydrogen (secondary N) is 2. The Balaban J connectivity index is 2.83. The van der Waals surface area contributed by atoms with Gasteiger partial charge in [-0.15, -0.1) is 0 Å². The fourth-order valence-corrected chi connectivity index (χ4v) is 0.816. The maximum absolute atomic E-state index is 11.3. The van der Waals surface area contributed by atoms with Crippen LogP contribution in [-0.2, 0) is 0 Å². The zero-order valence-electron chi connectivity index (χ0n) is 7.50. The number of carbonyl (C=O) groups is 1. The Kier molecular flexibility index (Phi) is 2.79. The van der Waals surface area contributed by atoms with Crippen LogP contribution in [-0.4, -0.2) is 21.9 Å². The van der Waals surface area contributed by atoms with Crippen LogP contribution in [0.5, 0.6) is 0 Å². The van der Waals surface area contributed by atoms with Crippen molar-refractivity contribution in [2.75, 3.05) is 0 Å². The van der Waals surface area contributed by atoms with Crippen molar-refractivity contribution < 1.29 is 4.79 Å². The van der Waals surface area contributed by atoms with Crippen LogP contribution in [0.15, 0.2) is 17.1 Å². The van der Waals surface area contributed by atoms with Crippen molar-refractivity contribution in [3.05, 3.63) is 28.4 Å². The predicted molar refractivity (Wildman–Crippen MR) is 47.5 cm³/mol. The highest BCUT2D eigenvalue weighted by Crippen LogP contribution is 1.86. The first-order valence-electron chi connectivity index (χ1n) is 3.96. The first-order valence-corrected chi connectivity index (χ1v) is 3.96. The summed E-state index contributed by atoms with van der Waals surface area (Å²) in [5.74, 6) is -0.325. The molecule has 1 heterocycles.